The van der Waals surface area contributed by atoms with Crippen molar-refractivity contribution in [1.29, 1.82) is 0 Å². The molecule has 7 nitrogen and oxygen atoms in total. The van der Waals surface area contributed by atoms with Gasteiger partial charge in [0.1, 0.15) is 0 Å². The maximum Gasteiger partial charge on any atom is 0.297 e. The first-order chi connectivity index (χ1) is 12.4. The summed E-state index contributed by atoms with van der Waals surface area (Å²) in [7, 11) is -3.73. The second kappa shape index (κ2) is 13.2. The lowest BCUT2D eigenvalue weighted by Gasteiger charge is -2.09. The van der Waals surface area contributed by atoms with Gasteiger partial charge in [0.15, 0.2) is 0 Å². The Kier molecular flexibility index (Phi) is 11.7. The lowest BCUT2D eigenvalue weighted by molar-refractivity contribution is -0.0133. The topological polar surface area (TPSA) is 80.3 Å². The SMILES string of the molecule is Cc1ccc(S(=O)(=O)OCCOCCOCCOCCOC(C)C)cc1. The molecule has 0 fully saturated rings. The van der Waals surface area contributed by atoms with Crippen LogP contribution in [0.4, 0.5) is 0 Å². The van der Waals surface area contributed by atoms with Crippen molar-refractivity contribution < 1.29 is 31.5 Å². The van der Waals surface area contributed by atoms with Gasteiger partial charge in [0.05, 0.1) is 63.9 Å². The maximum atomic E-state index is 11.9. The Bertz CT molecular complexity index is 570. The summed E-state index contributed by atoms with van der Waals surface area (Å²) < 4.78 is 50.1. The molecule has 0 saturated carbocycles. The Morgan fingerprint density at radius 1 is 0.769 bits per heavy atom. The molecule has 0 bridgehead atoms. The van der Waals surface area contributed by atoms with Crippen LogP contribution in [0.25, 0.3) is 0 Å². The minimum absolute atomic E-state index is 0.0326. The van der Waals surface area contributed by atoms with Gasteiger partial charge in [-0.05, 0) is 32.9 Å². The van der Waals surface area contributed by atoms with Gasteiger partial charge in [-0.25, -0.2) is 0 Å². The van der Waals surface area contributed by atoms with E-state index < -0.39 is 10.1 Å². The van der Waals surface area contributed by atoms with Crippen LogP contribution in [0.15, 0.2) is 29.2 Å². The normalized spacial score (nSPS) is 12.0. The fourth-order valence-electron chi connectivity index (χ4n) is 1.86. The summed E-state index contributed by atoms with van der Waals surface area (Å²) in [6.07, 6.45) is 0.211. The maximum absolute atomic E-state index is 11.9. The molecular weight excluding hydrogens is 360 g/mol. The van der Waals surface area contributed by atoms with Gasteiger partial charge in [0.25, 0.3) is 10.1 Å². The second-order valence-electron chi connectivity index (χ2n) is 5.85. The van der Waals surface area contributed by atoms with E-state index in [4.69, 9.17) is 23.1 Å². The fourth-order valence-corrected chi connectivity index (χ4v) is 2.75. The molecule has 0 unspecified atom stereocenters. The summed E-state index contributed by atoms with van der Waals surface area (Å²) in [4.78, 5) is 0.144. The minimum Gasteiger partial charge on any atom is -0.377 e. The Balaban J connectivity index is 1.95. The average Bonchev–Trinajstić information content (AvgIpc) is 2.59. The molecule has 0 atom stereocenters. The standard InChI is InChI=1S/C18H30O7S/c1-16(2)24-14-12-22-10-8-21-9-11-23-13-15-25-26(19,20)18-6-4-17(3)5-7-18/h4-7,16H,8-15H2,1-3H3. The first-order valence-corrected chi connectivity index (χ1v) is 10.1. The van der Waals surface area contributed by atoms with Crippen LogP contribution in [0.3, 0.4) is 0 Å². The Labute approximate surface area is 156 Å². The predicted molar refractivity (Wildman–Crippen MR) is 97.9 cm³/mol. The van der Waals surface area contributed by atoms with Crippen LogP contribution in [0.5, 0.6) is 0 Å². The van der Waals surface area contributed by atoms with Gasteiger partial charge in [-0.15, -0.1) is 0 Å². The van der Waals surface area contributed by atoms with Crippen LogP contribution < -0.4 is 0 Å². The molecule has 8 heteroatoms. The van der Waals surface area contributed by atoms with Crippen molar-refractivity contribution in [3.8, 4) is 0 Å². The summed E-state index contributed by atoms with van der Waals surface area (Å²) in [6, 6.07) is 6.50. The molecule has 0 N–H and O–H groups in total. The third-order valence-electron chi connectivity index (χ3n) is 3.20. The second-order valence-corrected chi connectivity index (χ2v) is 7.46. The first kappa shape index (κ1) is 23.0. The highest BCUT2D eigenvalue weighted by atomic mass is 32.2. The van der Waals surface area contributed by atoms with Crippen molar-refractivity contribution >= 4 is 10.1 Å². The Morgan fingerprint density at radius 3 is 1.73 bits per heavy atom. The molecule has 150 valence electrons. The van der Waals surface area contributed by atoms with E-state index in [2.05, 4.69) is 0 Å². The van der Waals surface area contributed by atoms with E-state index >= 15 is 0 Å². The number of hydrogen-bond donors (Lipinski definition) is 0. The third-order valence-corrected chi connectivity index (χ3v) is 4.53. The highest BCUT2D eigenvalue weighted by Gasteiger charge is 2.14. The van der Waals surface area contributed by atoms with E-state index in [-0.39, 0.29) is 24.2 Å². The quantitative estimate of drug-likeness (QED) is 0.335. The molecule has 1 aromatic rings. The monoisotopic (exact) mass is 390 g/mol. The molecule has 0 aliphatic heterocycles. The zero-order valence-electron chi connectivity index (χ0n) is 15.8. The summed E-state index contributed by atoms with van der Waals surface area (Å²) in [5.41, 5.74) is 0.988. The van der Waals surface area contributed by atoms with Crippen molar-refractivity contribution in [2.75, 3.05) is 52.9 Å². The summed E-state index contributed by atoms with van der Waals surface area (Å²) in [5, 5.41) is 0. The molecule has 1 rings (SSSR count). The van der Waals surface area contributed by atoms with E-state index in [9.17, 15) is 8.42 Å². The van der Waals surface area contributed by atoms with Gasteiger partial charge in [-0.3, -0.25) is 4.18 Å². The van der Waals surface area contributed by atoms with Crippen molar-refractivity contribution in [1.82, 2.24) is 0 Å². The Morgan fingerprint density at radius 2 is 1.23 bits per heavy atom. The van der Waals surface area contributed by atoms with E-state index in [0.29, 0.717) is 39.6 Å². The molecule has 1 aromatic carbocycles. The predicted octanol–water partition coefficient (Wildman–Crippen LogP) is 2.18. The molecule has 0 aliphatic rings. The van der Waals surface area contributed by atoms with Gasteiger partial charge < -0.3 is 18.9 Å². The molecule has 26 heavy (non-hydrogen) atoms. The smallest absolute Gasteiger partial charge is 0.297 e. The molecule has 0 heterocycles. The van der Waals surface area contributed by atoms with Gasteiger partial charge in [0.2, 0.25) is 0 Å². The van der Waals surface area contributed by atoms with E-state index in [0.717, 1.165) is 5.56 Å². The van der Waals surface area contributed by atoms with Crippen LogP contribution in [0, 0.1) is 6.92 Å². The van der Waals surface area contributed by atoms with Crippen LogP contribution in [0.1, 0.15) is 19.4 Å². The van der Waals surface area contributed by atoms with Crippen LogP contribution in [-0.2, 0) is 33.2 Å². The number of hydrogen-bond acceptors (Lipinski definition) is 7. The average molecular weight is 390 g/mol. The van der Waals surface area contributed by atoms with Gasteiger partial charge >= 0.3 is 0 Å². The van der Waals surface area contributed by atoms with E-state index in [1.165, 1.54) is 12.1 Å². The number of aryl methyl sites for hydroxylation is 1. The molecule has 0 amide bonds. The number of benzene rings is 1. The molecule has 0 aromatic heterocycles. The number of ether oxygens (including phenoxy) is 4. The largest absolute Gasteiger partial charge is 0.377 e. The third kappa shape index (κ3) is 10.8. The van der Waals surface area contributed by atoms with Crippen LogP contribution in [0.2, 0.25) is 0 Å². The molecule has 0 saturated heterocycles. The fraction of sp³-hybridized carbons (Fsp3) is 0.667. The number of rotatable bonds is 15. The van der Waals surface area contributed by atoms with Crippen molar-refractivity contribution in [3.05, 3.63) is 29.8 Å². The molecule has 0 radical (unpaired) electrons. The van der Waals surface area contributed by atoms with E-state index in [1.807, 2.05) is 20.8 Å². The van der Waals surface area contributed by atoms with Crippen LogP contribution >= 0.6 is 0 Å². The molecular formula is C18H30O7S. The molecule has 0 spiro atoms. The van der Waals surface area contributed by atoms with Gasteiger partial charge in [0, 0.05) is 0 Å². The highest BCUT2D eigenvalue weighted by Crippen LogP contribution is 2.12. The van der Waals surface area contributed by atoms with Crippen molar-refractivity contribution in [2.45, 2.75) is 31.8 Å². The van der Waals surface area contributed by atoms with Crippen molar-refractivity contribution in [2.24, 2.45) is 0 Å². The van der Waals surface area contributed by atoms with Gasteiger partial charge in [-0.1, -0.05) is 17.7 Å². The zero-order chi connectivity index (χ0) is 19.3. The summed E-state index contributed by atoms with van der Waals surface area (Å²) >= 11 is 0. The zero-order valence-corrected chi connectivity index (χ0v) is 16.6. The minimum atomic E-state index is -3.73. The summed E-state index contributed by atoms with van der Waals surface area (Å²) in [5.74, 6) is 0. The van der Waals surface area contributed by atoms with Crippen molar-refractivity contribution in [3.63, 3.8) is 0 Å². The lowest BCUT2D eigenvalue weighted by Crippen LogP contribution is -2.15. The first-order valence-electron chi connectivity index (χ1n) is 8.73. The molecule has 0 aliphatic carbocycles. The van der Waals surface area contributed by atoms with Crippen LogP contribution in [-0.4, -0.2) is 67.4 Å². The summed E-state index contributed by atoms with van der Waals surface area (Å²) in [6.45, 7) is 8.87. The van der Waals surface area contributed by atoms with Gasteiger partial charge in [-0.2, -0.15) is 8.42 Å². The Hall–Kier alpha value is -1.03. The lowest BCUT2D eigenvalue weighted by atomic mass is 10.2. The van der Waals surface area contributed by atoms with E-state index in [1.54, 1.807) is 12.1 Å². The highest BCUT2D eigenvalue weighted by molar-refractivity contribution is 7.86.